The normalized spacial score (nSPS) is 16.2. The van der Waals surface area contributed by atoms with Crippen LogP contribution in [0.1, 0.15) is 39.3 Å². The molecule has 1 saturated heterocycles. The molecule has 0 spiro atoms. The van der Waals surface area contributed by atoms with Crippen molar-refractivity contribution < 1.29 is 4.79 Å². The number of aromatic nitrogens is 4. The van der Waals surface area contributed by atoms with E-state index < -0.39 is 0 Å². The monoisotopic (exact) mass is 341 g/mol. The minimum atomic E-state index is -0.295. The molecule has 6 heteroatoms. The van der Waals surface area contributed by atoms with Gasteiger partial charge in [0.15, 0.2) is 5.82 Å². The van der Waals surface area contributed by atoms with Crippen LogP contribution in [0.3, 0.4) is 0 Å². The van der Waals surface area contributed by atoms with Crippen molar-refractivity contribution in [2.75, 3.05) is 13.1 Å². The average molecular weight is 341 g/mol. The second-order valence-corrected chi connectivity index (χ2v) is 7.95. The number of likely N-dealkylation sites (tertiary alicyclic amines) is 1. The molecular weight excluding hydrogens is 314 g/mol. The van der Waals surface area contributed by atoms with E-state index in [1.165, 1.54) is 0 Å². The van der Waals surface area contributed by atoms with Crippen LogP contribution in [0, 0.1) is 11.3 Å². The van der Waals surface area contributed by atoms with Gasteiger partial charge in [0.05, 0.1) is 0 Å². The van der Waals surface area contributed by atoms with Crippen LogP contribution in [0.4, 0.5) is 0 Å². The number of carbonyl (C=O) groups excluding carboxylic acids is 1. The Hall–Kier alpha value is -2.24. The van der Waals surface area contributed by atoms with E-state index in [0.717, 1.165) is 49.6 Å². The zero-order chi connectivity index (χ0) is 18.0. The smallest absolute Gasteiger partial charge is 0.227 e. The Kier molecular flexibility index (Phi) is 4.88. The number of imidazole rings is 1. The van der Waals surface area contributed by atoms with Gasteiger partial charge < -0.3 is 9.47 Å². The lowest BCUT2D eigenvalue weighted by Crippen LogP contribution is -2.44. The van der Waals surface area contributed by atoms with Gasteiger partial charge in [0, 0.05) is 43.6 Å². The molecule has 0 N–H and O–H groups in total. The summed E-state index contributed by atoms with van der Waals surface area (Å²) in [4.78, 5) is 27.5. The Morgan fingerprint density at radius 2 is 1.92 bits per heavy atom. The van der Waals surface area contributed by atoms with Crippen LogP contribution in [0.15, 0.2) is 24.8 Å². The quantitative estimate of drug-likeness (QED) is 0.861. The number of rotatable bonds is 3. The Morgan fingerprint density at radius 1 is 1.20 bits per heavy atom. The zero-order valence-corrected chi connectivity index (χ0v) is 15.6. The molecule has 0 saturated carbocycles. The molecule has 0 radical (unpaired) electrons. The Bertz CT molecular complexity index is 738. The summed E-state index contributed by atoms with van der Waals surface area (Å²) in [5.74, 6) is 1.67. The molecule has 0 aromatic carbocycles. The summed E-state index contributed by atoms with van der Waals surface area (Å²) in [6.07, 6.45) is 8.31. The fraction of sp³-hybridized carbons (Fsp3) is 0.579. The Balaban J connectivity index is 1.61. The summed E-state index contributed by atoms with van der Waals surface area (Å²) in [5, 5.41) is 0. The van der Waals surface area contributed by atoms with Crippen molar-refractivity contribution in [1.82, 2.24) is 24.4 Å². The first-order valence-electron chi connectivity index (χ1n) is 8.92. The van der Waals surface area contributed by atoms with Crippen LogP contribution < -0.4 is 0 Å². The summed E-state index contributed by atoms with van der Waals surface area (Å²) >= 11 is 0. The van der Waals surface area contributed by atoms with E-state index >= 15 is 0 Å². The van der Waals surface area contributed by atoms with Gasteiger partial charge >= 0.3 is 0 Å². The molecule has 0 atom stereocenters. The van der Waals surface area contributed by atoms with Gasteiger partial charge in [0.1, 0.15) is 12.0 Å². The number of hydrogen-bond acceptors (Lipinski definition) is 4. The third kappa shape index (κ3) is 4.06. The van der Waals surface area contributed by atoms with E-state index in [-0.39, 0.29) is 11.3 Å². The fourth-order valence-corrected chi connectivity index (χ4v) is 3.35. The largest absolute Gasteiger partial charge is 0.342 e. The van der Waals surface area contributed by atoms with Gasteiger partial charge in [-0.25, -0.2) is 15.0 Å². The van der Waals surface area contributed by atoms with Crippen molar-refractivity contribution in [3.63, 3.8) is 0 Å². The lowest BCUT2D eigenvalue weighted by atomic mass is 9.89. The van der Waals surface area contributed by atoms with Crippen LogP contribution in [0.2, 0.25) is 0 Å². The van der Waals surface area contributed by atoms with Crippen molar-refractivity contribution in [3.8, 4) is 11.5 Å². The third-order valence-electron chi connectivity index (χ3n) is 4.82. The van der Waals surface area contributed by atoms with Gasteiger partial charge in [0.2, 0.25) is 5.91 Å². The number of carbonyl (C=O) groups is 1. The highest BCUT2D eigenvalue weighted by molar-refractivity contribution is 5.81. The number of amides is 1. The molecule has 25 heavy (non-hydrogen) atoms. The first kappa shape index (κ1) is 17.6. The van der Waals surface area contributed by atoms with Crippen LogP contribution >= 0.6 is 0 Å². The highest BCUT2D eigenvalue weighted by Crippen LogP contribution is 2.26. The molecule has 0 aliphatic carbocycles. The van der Waals surface area contributed by atoms with Gasteiger partial charge in [-0.05, 0) is 31.2 Å². The molecule has 6 nitrogen and oxygen atoms in total. The van der Waals surface area contributed by atoms with E-state index in [1.54, 1.807) is 12.5 Å². The molecule has 1 fully saturated rings. The van der Waals surface area contributed by atoms with Crippen molar-refractivity contribution in [1.29, 1.82) is 0 Å². The molecule has 2 aromatic heterocycles. The average Bonchev–Trinajstić information content (AvgIpc) is 3.00. The Labute approximate surface area is 149 Å². The standard InChI is InChI=1S/C19H27N5O/c1-19(2,3)18(25)24-8-5-14(6-9-24)11-15-12-16(22-13-21-15)17-20-7-10-23(17)4/h7,10,12-14H,5-6,8-9,11H2,1-4H3. The van der Waals surface area contributed by atoms with Gasteiger partial charge in [-0.1, -0.05) is 20.8 Å². The highest BCUT2D eigenvalue weighted by Gasteiger charge is 2.30. The second-order valence-electron chi connectivity index (χ2n) is 7.95. The predicted molar refractivity (Wildman–Crippen MR) is 96.7 cm³/mol. The Morgan fingerprint density at radius 3 is 2.52 bits per heavy atom. The first-order chi connectivity index (χ1) is 11.8. The summed E-state index contributed by atoms with van der Waals surface area (Å²) in [7, 11) is 1.96. The van der Waals surface area contributed by atoms with E-state index in [0.29, 0.717) is 5.92 Å². The highest BCUT2D eigenvalue weighted by atomic mass is 16.2. The molecule has 0 bridgehead atoms. The first-order valence-corrected chi connectivity index (χ1v) is 8.92. The number of hydrogen-bond donors (Lipinski definition) is 0. The lowest BCUT2D eigenvalue weighted by molar-refractivity contribution is -0.140. The molecule has 1 aliphatic rings. The minimum Gasteiger partial charge on any atom is -0.342 e. The van der Waals surface area contributed by atoms with Crippen molar-refractivity contribution in [2.45, 2.75) is 40.0 Å². The predicted octanol–water partition coefficient (Wildman–Crippen LogP) is 2.70. The lowest BCUT2D eigenvalue weighted by Gasteiger charge is -2.35. The van der Waals surface area contributed by atoms with Crippen molar-refractivity contribution in [3.05, 3.63) is 30.5 Å². The molecular formula is C19H27N5O. The van der Waals surface area contributed by atoms with E-state index in [9.17, 15) is 4.79 Å². The summed E-state index contributed by atoms with van der Waals surface area (Å²) in [6.45, 7) is 7.65. The number of piperidine rings is 1. The van der Waals surface area contributed by atoms with Gasteiger partial charge in [-0.3, -0.25) is 4.79 Å². The van der Waals surface area contributed by atoms with E-state index in [1.807, 2.05) is 49.5 Å². The van der Waals surface area contributed by atoms with E-state index in [2.05, 4.69) is 15.0 Å². The zero-order valence-electron chi connectivity index (χ0n) is 15.6. The maximum Gasteiger partial charge on any atom is 0.227 e. The molecule has 134 valence electrons. The third-order valence-corrected chi connectivity index (χ3v) is 4.82. The van der Waals surface area contributed by atoms with Gasteiger partial charge in [-0.15, -0.1) is 0 Å². The van der Waals surface area contributed by atoms with Crippen LogP contribution in [0.25, 0.3) is 11.5 Å². The van der Waals surface area contributed by atoms with Crippen LogP contribution in [-0.2, 0) is 18.3 Å². The number of aryl methyl sites for hydroxylation is 1. The van der Waals surface area contributed by atoms with Crippen LogP contribution in [-0.4, -0.2) is 43.4 Å². The minimum absolute atomic E-state index is 0.255. The summed E-state index contributed by atoms with van der Waals surface area (Å²) in [6, 6.07) is 2.04. The fourth-order valence-electron chi connectivity index (χ4n) is 3.35. The van der Waals surface area contributed by atoms with Gasteiger partial charge in [0.25, 0.3) is 0 Å². The van der Waals surface area contributed by atoms with Crippen LogP contribution in [0.5, 0.6) is 0 Å². The topological polar surface area (TPSA) is 63.9 Å². The summed E-state index contributed by atoms with van der Waals surface area (Å²) in [5.41, 5.74) is 1.61. The number of nitrogens with zero attached hydrogens (tertiary/aromatic N) is 5. The second kappa shape index (κ2) is 6.94. The molecule has 0 unspecified atom stereocenters. The SMILES string of the molecule is Cn1ccnc1-c1cc(CC2CCN(C(=O)C(C)(C)C)CC2)ncn1. The summed E-state index contributed by atoms with van der Waals surface area (Å²) < 4.78 is 1.96. The molecule has 1 amide bonds. The molecule has 1 aliphatic heterocycles. The van der Waals surface area contributed by atoms with E-state index in [4.69, 9.17) is 0 Å². The molecule has 3 heterocycles. The van der Waals surface area contributed by atoms with Crippen molar-refractivity contribution >= 4 is 5.91 Å². The van der Waals surface area contributed by atoms with Gasteiger partial charge in [-0.2, -0.15) is 0 Å². The van der Waals surface area contributed by atoms with Crippen molar-refractivity contribution in [2.24, 2.45) is 18.4 Å². The molecule has 3 rings (SSSR count). The molecule has 2 aromatic rings. The maximum atomic E-state index is 12.4. The maximum absolute atomic E-state index is 12.4.